The third-order valence-corrected chi connectivity index (χ3v) is 2.14. The van der Waals surface area contributed by atoms with Crippen LogP contribution in [0.4, 0.5) is 10.1 Å². The zero-order valence-electron chi connectivity index (χ0n) is 7.53. The molecular formula is C9H6FNO4. The Balaban J connectivity index is 2.70. The van der Waals surface area contributed by atoms with Crippen molar-refractivity contribution in [2.45, 2.75) is 6.42 Å². The highest BCUT2D eigenvalue weighted by molar-refractivity contribution is 6.03. The molecule has 1 aromatic carbocycles. The topological polar surface area (TPSA) is 69.4 Å². The third kappa shape index (κ3) is 1.43. The average Bonchev–Trinajstić information content (AvgIpc) is 2.19. The van der Waals surface area contributed by atoms with E-state index in [0.717, 1.165) is 12.1 Å². The zero-order chi connectivity index (χ0) is 11.0. The van der Waals surface area contributed by atoms with E-state index >= 15 is 0 Å². The number of ether oxygens (including phenoxy) is 1. The van der Waals surface area contributed by atoms with E-state index in [4.69, 9.17) is 4.74 Å². The first-order valence-corrected chi connectivity index (χ1v) is 4.24. The molecule has 0 saturated carbocycles. The first kappa shape index (κ1) is 9.57. The Morgan fingerprint density at radius 2 is 2.20 bits per heavy atom. The van der Waals surface area contributed by atoms with Gasteiger partial charge in [-0.15, -0.1) is 0 Å². The van der Waals surface area contributed by atoms with Gasteiger partial charge in [-0.2, -0.15) is 0 Å². The van der Waals surface area contributed by atoms with Crippen LogP contribution in [0.25, 0.3) is 0 Å². The predicted molar refractivity (Wildman–Crippen MR) is 47.5 cm³/mol. The van der Waals surface area contributed by atoms with Gasteiger partial charge < -0.3 is 4.74 Å². The van der Waals surface area contributed by atoms with Crippen molar-refractivity contribution in [3.8, 4) is 5.75 Å². The van der Waals surface area contributed by atoms with Crippen molar-refractivity contribution < 1.29 is 18.8 Å². The molecule has 0 atom stereocenters. The van der Waals surface area contributed by atoms with Crippen molar-refractivity contribution in [2.75, 3.05) is 6.61 Å². The van der Waals surface area contributed by atoms with E-state index in [9.17, 15) is 19.3 Å². The Morgan fingerprint density at radius 1 is 1.47 bits per heavy atom. The quantitative estimate of drug-likeness (QED) is 0.523. The third-order valence-electron chi connectivity index (χ3n) is 2.14. The summed E-state index contributed by atoms with van der Waals surface area (Å²) in [6, 6.07) is 1.90. The second-order valence-electron chi connectivity index (χ2n) is 3.05. The van der Waals surface area contributed by atoms with E-state index in [-0.39, 0.29) is 24.3 Å². The molecule has 1 heterocycles. The maximum absolute atomic E-state index is 13.2. The van der Waals surface area contributed by atoms with Crippen LogP contribution in [0.1, 0.15) is 16.8 Å². The van der Waals surface area contributed by atoms with Crippen molar-refractivity contribution in [3.05, 3.63) is 33.6 Å². The SMILES string of the molecule is O=C1CCOc2c(F)ccc([N+](=O)[O-])c21. The highest BCUT2D eigenvalue weighted by Gasteiger charge is 2.30. The number of carbonyl (C=O) groups is 1. The summed E-state index contributed by atoms with van der Waals surface area (Å²) in [5, 5.41) is 10.6. The highest BCUT2D eigenvalue weighted by Crippen LogP contribution is 2.34. The number of carbonyl (C=O) groups excluding carboxylic acids is 1. The molecule has 5 nitrogen and oxygen atoms in total. The first-order chi connectivity index (χ1) is 7.11. The van der Waals surface area contributed by atoms with Gasteiger partial charge in [0, 0.05) is 12.5 Å². The Hall–Kier alpha value is -1.98. The van der Waals surface area contributed by atoms with Crippen molar-refractivity contribution in [1.82, 2.24) is 0 Å². The number of nitro benzene ring substituents is 1. The molecule has 0 aromatic heterocycles. The Kier molecular flexibility index (Phi) is 2.11. The Bertz CT molecular complexity index is 458. The molecule has 2 rings (SSSR count). The molecule has 0 aliphatic carbocycles. The van der Waals surface area contributed by atoms with Crippen molar-refractivity contribution in [2.24, 2.45) is 0 Å². The first-order valence-electron chi connectivity index (χ1n) is 4.24. The maximum atomic E-state index is 13.2. The highest BCUT2D eigenvalue weighted by atomic mass is 19.1. The lowest BCUT2D eigenvalue weighted by Gasteiger charge is -2.16. The number of benzene rings is 1. The van der Waals surface area contributed by atoms with Gasteiger partial charge in [0.1, 0.15) is 5.56 Å². The van der Waals surface area contributed by atoms with Crippen LogP contribution in [-0.4, -0.2) is 17.3 Å². The summed E-state index contributed by atoms with van der Waals surface area (Å²) in [5.74, 6) is -1.51. The summed E-state index contributed by atoms with van der Waals surface area (Å²) in [5.41, 5.74) is -0.664. The summed E-state index contributed by atoms with van der Waals surface area (Å²) >= 11 is 0. The molecule has 6 heteroatoms. The molecule has 15 heavy (non-hydrogen) atoms. The average molecular weight is 211 g/mol. The van der Waals surface area contributed by atoms with E-state index in [0.29, 0.717) is 0 Å². The van der Waals surface area contributed by atoms with Crippen LogP contribution in [0.5, 0.6) is 5.75 Å². The summed E-state index contributed by atoms with van der Waals surface area (Å²) in [6.07, 6.45) is 0.0390. The number of rotatable bonds is 1. The molecule has 0 unspecified atom stereocenters. The fourth-order valence-corrected chi connectivity index (χ4v) is 1.48. The summed E-state index contributed by atoms with van der Waals surface area (Å²) in [4.78, 5) is 21.3. The summed E-state index contributed by atoms with van der Waals surface area (Å²) < 4.78 is 18.1. The van der Waals surface area contributed by atoms with Gasteiger partial charge in [0.2, 0.25) is 0 Å². The van der Waals surface area contributed by atoms with Gasteiger partial charge in [0.15, 0.2) is 17.3 Å². The van der Waals surface area contributed by atoms with Gasteiger partial charge >= 0.3 is 0 Å². The fourth-order valence-electron chi connectivity index (χ4n) is 1.48. The minimum absolute atomic E-state index is 0.0390. The second kappa shape index (κ2) is 3.30. The zero-order valence-corrected chi connectivity index (χ0v) is 7.53. The van der Waals surface area contributed by atoms with Crippen LogP contribution in [-0.2, 0) is 0 Å². The molecule has 78 valence electrons. The lowest BCUT2D eigenvalue weighted by molar-refractivity contribution is -0.385. The number of Topliss-reactive ketones (excluding diaryl/α,β-unsaturated/α-hetero) is 1. The normalized spacial score (nSPS) is 14.3. The van der Waals surface area contributed by atoms with Gasteiger partial charge in [0.05, 0.1) is 11.5 Å². The maximum Gasteiger partial charge on any atom is 0.284 e. The molecule has 0 amide bonds. The van der Waals surface area contributed by atoms with Crippen molar-refractivity contribution in [1.29, 1.82) is 0 Å². The molecule has 0 bridgehead atoms. The number of fused-ring (bicyclic) bond motifs is 1. The molecule has 0 saturated heterocycles. The number of nitro groups is 1. The van der Waals surface area contributed by atoms with Crippen molar-refractivity contribution in [3.63, 3.8) is 0 Å². The van der Waals surface area contributed by atoms with Gasteiger partial charge in [-0.05, 0) is 6.07 Å². The van der Waals surface area contributed by atoms with E-state index < -0.39 is 22.2 Å². The van der Waals surface area contributed by atoms with Crippen LogP contribution >= 0.6 is 0 Å². The molecular weight excluding hydrogens is 205 g/mol. The van der Waals surface area contributed by atoms with Gasteiger partial charge in [0.25, 0.3) is 5.69 Å². The number of ketones is 1. The predicted octanol–water partition coefficient (Wildman–Crippen LogP) is 1.70. The van der Waals surface area contributed by atoms with Crippen LogP contribution < -0.4 is 4.74 Å². The number of nitrogens with zero attached hydrogens (tertiary/aromatic N) is 1. The summed E-state index contributed by atoms with van der Waals surface area (Å²) in [7, 11) is 0. The van der Waals surface area contributed by atoms with Crippen molar-refractivity contribution >= 4 is 11.5 Å². The van der Waals surface area contributed by atoms with E-state index in [1.165, 1.54) is 0 Å². The lowest BCUT2D eigenvalue weighted by atomic mass is 10.0. The van der Waals surface area contributed by atoms with E-state index in [2.05, 4.69) is 0 Å². The molecule has 1 aliphatic heterocycles. The Morgan fingerprint density at radius 3 is 2.87 bits per heavy atom. The second-order valence-corrected chi connectivity index (χ2v) is 3.05. The fraction of sp³-hybridized carbons (Fsp3) is 0.222. The molecule has 0 spiro atoms. The molecule has 1 aliphatic rings. The van der Waals surface area contributed by atoms with Crippen LogP contribution in [0.3, 0.4) is 0 Å². The smallest absolute Gasteiger partial charge is 0.284 e. The van der Waals surface area contributed by atoms with Crippen LogP contribution in [0.2, 0.25) is 0 Å². The van der Waals surface area contributed by atoms with Gasteiger partial charge in [-0.25, -0.2) is 4.39 Å². The molecule has 0 radical (unpaired) electrons. The standard InChI is InChI=1S/C9H6FNO4/c10-5-1-2-6(11(13)14)8-7(12)3-4-15-9(5)8/h1-2H,3-4H2. The van der Waals surface area contributed by atoms with Crippen LogP contribution in [0.15, 0.2) is 12.1 Å². The Labute approximate surface area is 83.6 Å². The number of halogens is 1. The van der Waals surface area contributed by atoms with Crippen LogP contribution in [0, 0.1) is 15.9 Å². The monoisotopic (exact) mass is 211 g/mol. The molecule has 1 aromatic rings. The number of hydrogen-bond acceptors (Lipinski definition) is 4. The molecule has 0 fully saturated rings. The summed E-state index contributed by atoms with van der Waals surface area (Å²) in [6.45, 7) is 0.0594. The largest absolute Gasteiger partial charge is 0.489 e. The van der Waals surface area contributed by atoms with Gasteiger partial charge in [-0.1, -0.05) is 0 Å². The lowest BCUT2D eigenvalue weighted by Crippen LogP contribution is -2.18. The number of hydrogen-bond donors (Lipinski definition) is 0. The van der Waals surface area contributed by atoms with E-state index in [1.54, 1.807) is 0 Å². The van der Waals surface area contributed by atoms with E-state index in [1.807, 2.05) is 0 Å². The van der Waals surface area contributed by atoms with Gasteiger partial charge in [-0.3, -0.25) is 14.9 Å². The molecule has 0 N–H and O–H groups in total. The minimum atomic E-state index is -0.747. The minimum Gasteiger partial charge on any atom is -0.489 e.